The molecule has 0 amide bonds. The molecule has 2 aromatic heterocycles. The van der Waals surface area contributed by atoms with E-state index in [4.69, 9.17) is 11.6 Å². The van der Waals surface area contributed by atoms with E-state index >= 15 is 0 Å². The van der Waals surface area contributed by atoms with Gasteiger partial charge in [-0.2, -0.15) is 0 Å². The molecule has 4 heteroatoms. The highest BCUT2D eigenvalue weighted by Crippen LogP contribution is 2.21. The van der Waals surface area contributed by atoms with Crippen molar-refractivity contribution in [2.45, 2.75) is 19.8 Å². The maximum atomic E-state index is 5.97. The highest BCUT2D eigenvalue weighted by molar-refractivity contribution is 6.29. The highest BCUT2D eigenvalue weighted by atomic mass is 35.5. The predicted molar refractivity (Wildman–Crippen MR) is 64.4 cm³/mol. The smallest absolute Gasteiger partial charge is 0.133 e. The summed E-state index contributed by atoms with van der Waals surface area (Å²) in [5.74, 6) is 1.01. The van der Waals surface area contributed by atoms with Crippen molar-refractivity contribution in [3.05, 3.63) is 41.6 Å². The van der Waals surface area contributed by atoms with Crippen LogP contribution in [0.1, 0.15) is 25.6 Å². The fourth-order valence-corrected chi connectivity index (χ4v) is 1.55. The van der Waals surface area contributed by atoms with Crippen LogP contribution in [0.15, 0.2) is 30.6 Å². The summed E-state index contributed by atoms with van der Waals surface area (Å²) in [6, 6.07) is 5.58. The molecule has 2 aromatic rings. The van der Waals surface area contributed by atoms with Crippen molar-refractivity contribution in [2.24, 2.45) is 0 Å². The normalized spacial score (nSPS) is 10.8. The molecule has 2 heterocycles. The van der Waals surface area contributed by atoms with Crippen LogP contribution in [-0.4, -0.2) is 15.0 Å². The summed E-state index contributed by atoms with van der Waals surface area (Å²) in [4.78, 5) is 12.7. The Balaban J connectivity index is 2.50. The molecule has 0 unspecified atom stereocenters. The standard InChI is InChI=1S/C12H12ClN3/c1-8(2)12-15-10(6-11(13)16-12)9-4-3-5-14-7-9/h3-8H,1-2H3. The van der Waals surface area contributed by atoms with Gasteiger partial charge in [-0.05, 0) is 12.1 Å². The Morgan fingerprint density at radius 3 is 2.69 bits per heavy atom. The quantitative estimate of drug-likeness (QED) is 0.747. The molecule has 82 valence electrons. The third-order valence-electron chi connectivity index (χ3n) is 2.19. The van der Waals surface area contributed by atoms with Gasteiger partial charge in [0.15, 0.2) is 0 Å². The van der Waals surface area contributed by atoms with Crippen molar-refractivity contribution in [1.82, 2.24) is 15.0 Å². The monoisotopic (exact) mass is 233 g/mol. The minimum atomic E-state index is 0.258. The molecule has 0 radical (unpaired) electrons. The summed E-state index contributed by atoms with van der Waals surface area (Å²) in [5, 5.41) is 0.470. The van der Waals surface area contributed by atoms with Crippen LogP contribution in [0.3, 0.4) is 0 Å². The van der Waals surface area contributed by atoms with Crippen molar-refractivity contribution < 1.29 is 0 Å². The number of aromatic nitrogens is 3. The van der Waals surface area contributed by atoms with E-state index in [1.807, 2.05) is 26.0 Å². The topological polar surface area (TPSA) is 38.7 Å². The van der Waals surface area contributed by atoms with Crippen LogP contribution >= 0.6 is 11.6 Å². The van der Waals surface area contributed by atoms with Gasteiger partial charge in [0.1, 0.15) is 11.0 Å². The molecule has 0 saturated heterocycles. The van der Waals surface area contributed by atoms with E-state index in [9.17, 15) is 0 Å². The van der Waals surface area contributed by atoms with Gasteiger partial charge in [-0.1, -0.05) is 25.4 Å². The Morgan fingerprint density at radius 1 is 1.25 bits per heavy atom. The number of hydrogen-bond donors (Lipinski definition) is 0. The Kier molecular flexibility index (Phi) is 3.15. The highest BCUT2D eigenvalue weighted by Gasteiger charge is 2.08. The van der Waals surface area contributed by atoms with Crippen molar-refractivity contribution in [1.29, 1.82) is 0 Å². The zero-order chi connectivity index (χ0) is 11.5. The van der Waals surface area contributed by atoms with Crippen LogP contribution in [0.5, 0.6) is 0 Å². The predicted octanol–water partition coefficient (Wildman–Crippen LogP) is 3.32. The van der Waals surface area contributed by atoms with Gasteiger partial charge in [0.2, 0.25) is 0 Å². The van der Waals surface area contributed by atoms with Gasteiger partial charge in [-0.3, -0.25) is 4.98 Å². The fraction of sp³-hybridized carbons (Fsp3) is 0.250. The van der Waals surface area contributed by atoms with E-state index in [-0.39, 0.29) is 5.92 Å². The molecule has 0 aliphatic carbocycles. The van der Waals surface area contributed by atoms with Crippen LogP contribution in [-0.2, 0) is 0 Å². The average Bonchev–Trinajstić information content (AvgIpc) is 2.29. The molecule has 3 nitrogen and oxygen atoms in total. The Labute approximate surface area is 99.5 Å². The first-order valence-corrected chi connectivity index (χ1v) is 5.49. The molecular formula is C12H12ClN3. The van der Waals surface area contributed by atoms with Crippen molar-refractivity contribution >= 4 is 11.6 Å². The van der Waals surface area contributed by atoms with Crippen molar-refractivity contribution in [3.63, 3.8) is 0 Å². The number of halogens is 1. The van der Waals surface area contributed by atoms with Gasteiger partial charge in [0.25, 0.3) is 0 Å². The largest absolute Gasteiger partial charge is 0.264 e. The van der Waals surface area contributed by atoms with E-state index in [0.29, 0.717) is 5.15 Å². The van der Waals surface area contributed by atoms with Crippen molar-refractivity contribution in [3.8, 4) is 11.3 Å². The number of pyridine rings is 1. The summed E-state index contributed by atoms with van der Waals surface area (Å²) in [6.45, 7) is 4.08. The van der Waals surface area contributed by atoms with E-state index in [2.05, 4.69) is 15.0 Å². The van der Waals surface area contributed by atoms with E-state index in [0.717, 1.165) is 17.1 Å². The van der Waals surface area contributed by atoms with Crippen molar-refractivity contribution in [2.75, 3.05) is 0 Å². The zero-order valence-corrected chi connectivity index (χ0v) is 9.94. The molecule has 16 heavy (non-hydrogen) atoms. The molecule has 0 fully saturated rings. The number of hydrogen-bond acceptors (Lipinski definition) is 3. The molecule has 0 N–H and O–H groups in total. The molecule has 0 bridgehead atoms. The average molecular weight is 234 g/mol. The van der Waals surface area contributed by atoms with Gasteiger partial charge in [-0.25, -0.2) is 9.97 Å². The second-order valence-electron chi connectivity index (χ2n) is 3.83. The number of nitrogens with zero attached hydrogens (tertiary/aromatic N) is 3. The second kappa shape index (κ2) is 4.58. The molecule has 0 spiro atoms. The Hall–Kier alpha value is -1.48. The Morgan fingerprint density at radius 2 is 2.06 bits per heavy atom. The molecule has 2 rings (SSSR count). The molecule has 0 aliphatic rings. The third-order valence-corrected chi connectivity index (χ3v) is 2.38. The molecule has 0 aliphatic heterocycles. The summed E-state index contributed by atoms with van der Waals surface area (Å²) < 4.78 is 0. The third kappa shape index (κ3) is 2.36. The van der Waals surface area contributed by atoms with Crippen LogP contribution in [0.25, 0.3) is 11.3 Å². The lowest BCUT2D eigenvalue weighted by atomic mass is 10.1. The minimum Gasteiger partial charge on any atom is -0.264 e. The maximum absolute atomic E-state index is 5.97. The summed E-state index contributed by atoms with van der Waals surface area (Å²) in [7, 11) is 0. The van der Waals surface area contributed by atoms with Gasteiger partial charge in [-0.15, -0.1) is 0 Å². The zero-order valence-electron chi connectivity index (χ0n) is 9.18. The van der Waals surface area contributed by atoms with E-state index in [1.165, 1.54) is 0 Å². The van der Waals surface area contributed by atoms with Crippen LogP contribution < -0.4 is 0 Å². The summed E-state index contributed by atoms with van der Waals surface area (Å²) in [5.41, 5.74) is 1.77. The van der Waals surface area contributed by atoms with E-state index in [1.54, 1.807) is 18.5 Å². The second-order valence-corrected chi connectivity index (χ2v) is 4.22. The van der Waals surface area contributed by atoms with E-state index < -0.39 is 0 Å². The lowest BCUT2D eigenvalue weighted by Gasteiger charge is -2.07. The van der Waals surface area contributed by atoms with Crippen LogP contribution in [0.2, 0.25) is 5.15 Å². The first-order chi connectivity index (χ1) is 7.66. The Bertz CT molecular complexity index is 483. The molecule has 0 aromatic carbocycles. The lowest BCUT2D eigenvalue weighted by molar-refractivity contribution is 0.776. The van der Waals surface area contributed by atoms with Crippen LogP contribution in [0.4, 0.5) is 0 Å². The summed E-state index contributed by atoms with van der Waals surface area (Å²) >= 11 is 5.97. The first-order valence-electron chi connectivity index (χ1n) is 5.11. The maximum Gasteiger partial charge on any atom is 0.133 e. The fourth-order valence-electron chi connectivity index (χ4n) is 1.36. The first kappa shape index (κ1) is 11.0. The van der Waals surface area contributed by atoms with Gasteiger partial charge < -0.3 is 0 Å². The minimum absolute atomic E-state index is 0.258. The SMILES string of the molecule is CC(C)c1nc(Cl)cc(-c2cccnc2)n1. The molecular weight excluding hydrogens is 222 g/mol. The van der Waals surface area contributed by atoms with Gasteiger partial charge in [0.05, 0.1) is 5.69 Å². The lowest BCUT2D eigenvalue weighted by Crippen LogP contribution is -1.99. The summed E-state index contributed by atoms with van der Waals surface area (Å²) in [6.07, 6.45) is 3.50. The molecule has 0 saturated carbocycles. The number of rotatable bonds is 2. The van der Waals surface area contributed by atoms with Gasteiger partial charge in [0, 0.05) is 29.9 Å². The van der Waals surface area contributed by atoms with Gasteiger partial charge >= 0.3 is 0 Å². The van der Waals surface area contributed by atoms with Crippen LogP contribution in [0, 0.1) is 0 Å². The molecule has 0 atom stereocenters.